The molecule has 2 aliphatic rings. The number of aliphatic hydroxyl groups excluding tert-OH is 1. The second kappa shape index (κ2) is 6.77. The molecule has 4 rings (SSSR count). The molecule has 2 aromatic heterocycles. The number of piperidine rings is 1. The molecule has 0 unspecified atom stereocenters. The van der Waals surface area contributed by atoms with Crippen molar-refractivity contribution in [2.45, 2.75) is 43.7 Å². The van der Waals surface area contributed by atoms with E-state index in [-0.39, 0.29) is 17.9 Å². The van der Waals surface area contributed by atoms with Crippen LogP contribution in [0.4, 0.5) is 0 Å². The molecule has 2 N–H and O–H groups in total. The average Bonchev–Trinajstić information content (AvgIpc) is 3.25. The number of likely N-dealkylation sites (tertiary alicyclic amines) is 1. The highest BCUT2D eigenvalue weighted by atomic mass is 16.5. The highest BCUT2D eigenvalue weighted by Gasteiger charge is 2.41. The van der Waals surface area contributed by atoms with Crippen molar-refractivity contribution in [3.63, 3.8) is 0 Å². The Balaban J connectivity index is 1.41. The Morgan fingerprint density at radius 2 is 2.16 bits per heavy atom. The molecule has 0 aromatic carbocycles. The van der Waals surface area contributed by atoms with Gasteiger partial charge in [-0.15, -0.1) is 0 Å². The van der Waals surface area contributed by atoms with Gasteiger partial charge in [0.15, 0.2) is 0 Å². The van der Waals surface area contributed by atoms with Crippen LogP contribution in [0.5, 0.6) is 0 Å². The topological polar surface area (TPSA) is 78.5 Å². The molecule has 6 nitrogen and oxygen atoms in total. The van der Waals surface area contributed by atoms with Crippen molar-refractivity contribution >= 4 is 17.0 Å². The van der Waals surface area contributed by atoms with Crippen LogP contribution in [0.15, 0.2) is 24.5 Å². The number of aromatic amines is 1. The van der Waals surface area contributed by atoms with Gasteiger partial charge in [0.05, 0.1) is 19.1 Å². The summed E-state index contributed by atoms with van der Waals surface area (Å²) in [6.45, 7) is 1.90. The summed E-state index contributed by atoms with van der Waals surface area (Å²) in [6.07, 6.45) is 6.82. The van der Waals surface area contributed by atoms with Gasteiger partial charge in [-0.2, -0.15) is 0 Å². The molecule has 0 spiro atoms. The molecular weight excluding hydrogens is 318 g/mol. The van der Waals surface area contributed by atoms with E-state index in [9.17, 15) is 9.90 Å². The minimum atomic E-state index is -0.432. The summed E-state index contributed by atoms with van der Waals surface area (Å²) in [5.41, 5.74) is 2.30. The first-order valence-electron chi connectivity index (χ1n) is 9.09. The number of H-pyrrole nitrogens is 1. The van der Waals surface area contributed by atoms with Gasteiger partial charge in [0, 0.05) is 23.8 Å². The van der Waals surface area contributed by atoms with E-state index < -0.39 is 6.10 Å². The van der Waals surface area contributed by atoms with Crippen LogP contribution in [-0.4, -0.2) is 58.3 Å². The molecule has 1 saturated carbocycles. The molecule has 134 valence electrons. The molecule has 1 saturated heterocycles. The van der Waals surface area contributed by atoms with E-state index >= 15 is 0 Å². The highest BCUT2D eigenvalue weighted by Crippen LogP contribution is 2.37. The van der Waals surface area contributed by atoms with E-state index in [1.165, 1.54) is 18.1 Å². The third-order valence-electron chi connectivity index (χ3n) is 5.95. The summed E-state index contributed by atoms with van der Waals surface area (Å²) in [7, 11) is 1.42. The number of methoxy groups -OCH3 is 1. The van der Waals surface area contributed by atoms with Gasteiger partial charge in [0.25, 0.3) is 0 Å². The van der Waals surface area contributed by atoms with Gasteiger partial charge in [-0.25, -0.2) is 4.98 Å². The summed E-state index contributed by atoms with van der Waals surface area (Å²) in [5, 5.41) is 11.6. The summed E-state index contributed by atoms with van der Waals surface area (Å²) in [5.74, 6) is 0.161. The smallest absolute Gasteiger partial charge is 0.308 e. The number of nitrogens with zero attached hydrogens (tertiary/aromatic N) is 2. The van der Waals surface area contributed by atoms with Crippen LogP contribution in [-0.2, 0) is 9.53 Å². The number of carbonyl (C=O) groups excluding carboxylic acids is 1. The Labute approximate surface area is 147 Å². The van der Waals surface area contributed by atoms with Crippen molar-refractivity contribution in [1.29, 1.82) is 0 Å². The van der Waals surface area contributed by atoms with Crippen molar-refractivity contribution in [3.8, 4) is 0 Å². The minimum absolute atomic E-state index is 0.0784. The fourth-order valence-corrected chi connectivity index (χ4v) is 4.60. The lowest BCUT2D eigenvalue weighted by atomic mass is 9.88. The van der Waals surface area contributed by atoms with Gasteiger partial charge < -0.3 is 14.8 Å². The van der Waals surface area contributed by atoms with Crippen molar-refractivity contribution < 1.29 is 14.6 Å². The Morgan fingerprint density at radius 1 is 1.36 bits per heavy atom. The number of nitrogens with one attached hydrogen (secondary N) is 1. The van der Waals surface area contributed by atoms with Crippen LogP contribution in [0.1, 0.15) is 37.2 Å². The quantitative estimate of drug-likeness (QED) is 0.834. The molecule has 2 fully saturated rings. The van der Waals surface area contributed by atoms with Crippen LogP contribution in [0.25, 0.3) is 11.0 Å². The summed E-state index contributed by atoms with van der Waals surface area (Å²) < 4.78 is 4.85. The third kappa shape index (κ3) is 3.04. The molecule has 2 aromatic rings. The van der Waals surface area contributed by atoms with Crippen LogP contribution in [0.3, 0.4) is 0 Å². The van der Waals surface area contributed by atoms with Crippen LogP contribution in [0.2, 0.25) is 0 Å². The Morgan fingerprint density at radius 3 is 2.92 bits per heavy atom. The number of hydrogen-bond acceptors (Lipinski definition) is 5. The molecule has 3 atom stereocenters. The zero-order chi connectivity index (χ0) is 17.4. The first kappa shape index (κ1) is 16.5. The number of pyridine rings is 1. The molecule has 1 aliphatic heterocycles. The lowest BCUT2D eigenvalue weighted by Gasteiger charge is -2.37. The molecule has 1 aliphatic carbocycles. The van der Waals surface area contributed by atoms with E-state index in [0.717, 1.165) is 31.6 Å². The Hall–Kier alpha value is -1.92. The Kier molecular flexibility index (Phi) is 4.48. The molecular formula is C19H25N3O3. The minimum Gasteiger partial charge on any atom is -0.469 e. The maximum atomic E-state index is 11.8. The van der Waals surface area contributed by atoms with Crippen molar-refractivity contribution in [3.05, 3.63) is 30.1 Å². The first-order valence-corrected chi connectivity index (χ1v) is 9.09. The largest absolute Gasteiger partial charge is 0.469 e. The maximum absolute atomic E-state index is 11.8. The first-order chi connectivity index (χ1) is 12.2. The number of ether oxygens (including phenoxy) is 1. The van der Waals surface area contributed by atoms with Gasteiger partial charge in [-0.05, 0) is 62.4 Å². The number of aliphatic hydroxyl groups is 1. The van der Waals surface area contributed by atoms with Crippen molar-refractivity contribution in [1.82, 2.24) is 14.9 Å². The van der Waals surface area contributed by atoms with Gasteiger partial charge in [0.1, 0.15) is 5.65 Å². The molecule has 0 amide bonds. The van der Waals surface area contributed by atoms with Gasteiger partial charge >= 0.3 is 5.97 Å². The Bertz CT molecular complexity index is 751. The fraction of sp³-hybridized carbons (Fsp3) is 0.579. The lowest BCUT2D eigenvalue weighted by molar-refractivity contribution is -0.145. The predicted octanol–water partition coefficient (Wildman–Crippen LogP) is 2.05. The number of fused-ring (bicyclic) bond motifs is 1. The molecule has 6 heteroatoms. The zero-order valence-corrected chi connectivity index (χ0v) is 14.5. The van der Waals surface area contributed by atoms with Crippen molar-refractivity contribution in [2.75, 3.05) is 20.2 Å². The second-order valence-electron chi connectivity index (χ2n) is 7.28. The van der Waals surface area contributed by atoms with E-state index in [1.807, 2.05) is 12.3 Å². The predicted molar refractivity (Wildman–Crippen MR) is 94.2 cm³/mol. The zero-order valence-electron chi connectivity index (χ0n) is 14.5. The molecule has 3 heterocycles. The van der Waals surface area contributed by atoms with Crippen LogP contribution in [0, 0.1) is 5.92 Å². The maximum Gasteiger partial charge on any atom is 0.308 e. The number of rotatable bonds is 3. The van der Waals surface area contributed by atoms with E-state index in [4.69, 9.17) is 4.74 Å². The van der Waals surface area contributed by atoms with Gasteiger partial charge in [-0.1, -0.05) is 0 Å². The number of aromatic nitrogens is 2. The molecule has 25 heavy (non-hydrogen) atoms. The SMILES string of the molecule is COC(=O)[C@H]1C[C@@H](N2CCC(c3c[nH]c4ncccc34)CC2)[C@@H](O)C1. The summed E-state index contributed by atoms with van der Waals surface area (Å²) in [6, 6.07) is 4.19. The lowest BCUT2D eigenvalue weighted by Crippen LogP contribution is -2.44. The van der Waals surface area contributed by atoms with Crippen molar-refractivity contribution in [2.24, 2.45) is 5.92 Å². The summed E-state index contributed by atoms with van der Waals surface area (Å²) >= 11 is 0. The average molecular weight is 343 g/mol. The normalized spacial score (nSPS) is 28.5. The number of esters is 1. The van der Waals surface area contributed by atoms with Crippen LogP contribution < -0.4 is 0 Å². The number of carbonyl (C=O) groups is 1. The van der Waals surface area contributed by atoms with Gasteiger partial charge in [-0.3, -0.25) is 9.69 Å². The number of hydrogen-bond donors (Lipinski definition) is 2. The monoisotopic (exact) mass is 343 g/mol. The van der Waals surface area contributed by atoms with E-state index in [2.05, 4.69) is 27.1 Å². The fourth-order valence-electron chi connectivity index (χ4n) is 4.60. The highest BCUT2D eigenvalue weighted by molar-refractivity contribution is 5.80. The second-order valence-corrected chi connectivity index (χ2v) is 7.28. The third-order valence-corrected chi connectivity index (χ3v) is 5.95. The summed E-state index contributed by atoms with van der Waals surface area (Å²) in [4.78, 5) is 21.8. The molecule has 0 radical (unpaired) electrons. The standard InChI is InChI=1S/C19H25N3O3/c1-25-19(24)13-9-16(17(23)10-13)22-7-4-12(5-8-22)15-11-21-18-14(15)3-2-6-20-18/h2-3,6,11-13,16-17,23H,4-5,7-10H2,1H3,(H,20,21)/t13-,16+,17-/m0/s1. The molecule has 0 bridgehead atoms. The van der Waals surface area contributed by atoms with E-state index in [1.54, 1.807) is 0 Å². The van der Waals surface area contributed by atoms with Crippen LogP contribution >= 0.6 is 0 Å². The van der Waals surface area contributed by atoms with E-state index in [0.29, 0.717) is 18.8 Å². The van der Waals surface area contributed by atoms with Gasteiger partial charge in [0.2, 0.25) is 0 Å².